The number of pyridine rings is 1. The second-order valence-corrected chi connectivity index (χ2v) is 3.76. The van der Waals surface area contributed by atoms with Crippen molar-refractivity contribution >= 4 is 17.5 Å². The lowest BCUT2D eigenvalue weighted by Crippen LogP contribution is -2.08. The number of aromatic nitrogens is 2. The van der Waals surface area contributed by atoms with Gasteiger partial charge in [0.1, 0.15) is 11.4 Å². The van der Waals surface area contributed by atoms with Crippen LogP contribution >= 0.6 is 0 Å². The van der Waals surface area contributed by atoms with Crippen molar-refractivity contribution in [2.24, 2.45) is 0 Å². The van der Waals surface area contributed by atoms with E-state index in [2.05, 4.69) is 15.5 Å². The zero-order chi connectivity index (χ0) is 13.1. The van der Waals surface area contributed by atoms with Crippen molar-refractivity contribution in [3.63, 3.8) is 0 Å². The highest BCUT2D eigenvalue weighted by Crippen LogP contribution is 2.16. The van der Waals surface area contributed by atoms with Crippen LogP contribution in [0.1, 0.15) is 21.8 Å². The number of carboxylic acid groups (broad SMARTS) is 1. The van der Waals surface area contributed by atoms with E-state index in [9.17, 15) is 4.79 Å². The third kappa shape index (κ3) is 2.57. The highest BCUT2D eigenvalue weighted by atomic mass is 16.5. The summed E-state index contributed by atoms with van der Waals surface area (Å²) in [4.78, 5) is 15.0. The lowest BCUT2D eigenvalue weighted by atomic mass is 10.2. The van der Waals surface area contributed by atoms with Crippen molar-refractivity contribution < 1.29 is 14.4 Å². The normalized spacial score (nSPS) is 10.3. The minimum atomic E-state index is -1.09. The van der Waals surface area contributed by atoms with Crippen LogP contribution in [0.4, 0.5) is 11.5 Å². The van der Waals surface area contributed by atoms with Crippen molar-refractivity contribution in [3.05, 3.63) is 35.3 Å². The van der Waals surface area contributed by atoms with Crippen LogP contribution in [0.25, 0.3) is 0 Å². The van der Waals surface area contributed by atoms with Gasteiger partial charge in [-0.15, -0.1) is 0 Å². The van der Waals surface area contributed by atoms with Crippen molar-refractivity contribution in [2.45, 2.75) is 13.5 Å². The zero-order valence-corrected chi connectivity index (χ0v) is 9.67. The molecule has 2 rings (SSSR count). The molecule has 0 saturated carbocycles. The van der Waals surface area contributed by atoms with Crippen LogP contribution in [0.5, 0.6) is 0 Å². The molecule has 94 valence electrons. The molecule has 18 heavy (non-hydrogen) atoms. The third-order valence-electron chi connectivity index (χ3n) is 2.25. The van der Waals surface area contributed by atoms with Gasteiger partial charge in [0.25, 0.3) is 0 Å². The SMILES string of the molecule is Cc1cc(CNc2ncc(N)cc2C(=O)O)on1. The highest BCUT2D eigenvalue weighted by Gasteiger charge is 2.12. The molecule has 0 fully saturated rings. The molecule has 0 aliphatic carbocycles. The second kappa shape index (κ2) is 4.74. The van der Waals surface area contributed by atoms with Crippen molar-refractivity contribution in [1.29, 1.82) is 0 Å². The number of hydrogen-bond acceptors (Lipinski definition) is 6. The van der Waals surface area contributed by atoms with Crippen LogP contribution in [-0.4, -0.2) is 21.2 Å². The molecule has 0 spiro atoms. The van der Waals surface area contributed by atoms with E-state index in [0.717, 1.165) is 5.69 Å². The predicted octanol–water partition coefficient (Wildman–Crippen LogP) is 1.27. The predicted molar refractivity (Wildman–Crippen MR) is 64.2 cm³/mol. The number of aryl methyl sites for hydroxylation is 1. The van der Waals surface area contributed by atoms with Gasteiger partial charge in [-0.1, -0.05) is 5.16 Å². The van der Waals surface area contributed by atoms with E-state index < -0.39 is 5.97 Å². The van der Waals surface area contributed by atoms with Gasteiger partial charge in [0, 0.05) is 6.07 Å². The number of rotatable bonds is 4. The molecule has 0 atom stereocenters. The molecule has 0 amide bonds. The van der Waals surface area contributed by atoms with E-state index in [0.29, 0.717) is 18.0 Å². The summed E-state index contributed by atoms with van der Waals surface area (Å²) in [5, 5.41) is 15.6. The minimum Gasteiger partial charge on any atom is -0.478 e. The smallest absolute Gasteiger partial charge is 0.339 e. The number of hydrogen-bond donors (Lipinski definition) is 3. The molecular formula is C11H12N4O3. The molecule has 0 aromatic carbocycles. The van der Waals surface area contributed by atoms with Gasteiger partial charge in [-0.3, -0.25) is 0 Å². The fourth-order valence-electron chi connectivity index (χ4n) is 1.46. The summed E-state index contributed by atoms with van der Waals surface area (Å²) >= 11 is 0. The molecule has 2 aromatic rings. The average molecular weight is 248 g/mol. The summed E-state index contributed by atoms with van der Waals surface area (Å²) in [6, 6.07) is 3.11. The van der Waals surface area contributed by atoms with Crippen LogP contribution in [0.2, 0.25) is 0 Å². The molecule has 0 aliphatic rings. The Kier molecular flexibility index (Phi) is 3.13. The second-order valence-electron chi connectivity index (χ2n) is 3.76. The molecule has 0 radical (unpaired) electrons. The Balaban J connectivity index is 2.16. The maximum absolute atomic E-state index is 11.0. The largest absolute Gasteiger partial charge is 0.478 e. The Morgan fingerprint density at radius 2 is 2.33 bits per heavy atom. The van der Waals surface area contributed by atoms with Crippen molar-refractivity contribution in [3.8, 4) is 0 Å². The molecular weight excluding hydrogens is 236 g/mol. The van der Waals surface area contributed by atoms with Gasteiger partial charge in [-0.05, 0) is 13.0 Å². The first-order valence-electron chi connectivity index (χ1n) is 5.21. The maximum atomic E-state index is 11.0. The number of nitrogen functional groups attached to an aromatic ring is 1. The Labute approximate surface area is 103 Å². The first-order valence-corrected chi connectivity index (χ1v) is 5.21. The highest BCUT2D eigenvalue weighted by molar-refractivity contribution is 5.94. The summed E-state index contributed by atoms with van der Waals surface area (Å²) in [6.45, 7) is 2.11. The number of nitrogens with two attached hydrogens (primary N) is 1. The first-order chi connectivity index (χ1) is 8.56. The van der Waals surface area contributed by atoms with Gasteiger partial charge in [-0.2, -0.15) is 0 Å². The maximum Gasteiger partial charge on any atom is 0.339 e. The number of carbonyl (C=O) groups is 1. The summed E-state index contributed by atoms with van der Waals surface area (Å²) in [5.41, 5.74) is 6.57. The van der Waals surface area contributed by atoms with Gasteiger partial charge in [-0.25, -0.2) is 9.78 Å². The molecule has 7 heteroatoms. The number of carboxylic acids is 1. The molecule has 2 aromatic heterocycles. The molecule has 0 bridgehead atoms. The number of nitrogens with one attached hydrogen (secondary N) is 1. The van der Waals surface area contributed by atoms with Crippen molar-refractivity contribution in [2.75, 3.05) is 11.1 Å². The van der Waals surface area contributed by atoms with Gasteiger partial charge in [0.05, 0.1) is 24.1 Å². The van der Waals surface area contributed by atoms with E-state index in [-0.39, 0.29) is 11.4 Å². The summed E-state index contributed by atoms with van der Waals surface area (Å²) in [5.74, 6) is -0.251. The fourth-order valence-corrected chi connectivity index (χ4v) is 1.46. The number of anilines is 2. The Morgan fingerprint density at radius 3 is 2.94 bits per heavy atom. The lowest BCUT2D eigenvalue weighted by Gasteiger charge is -2.07. The average Bonchev–Trinajstić information content (AvgIpc) is 2.73. The molecule has 0 aliphatic heterocycles. The van der Waals surface area contributed by atoms with E-state index in [4.69, 9.17) is 15.4 Å². The van der Waals surface area contributed by atoms with Crippen LogP contribution < -0.4 is 11.1 Å². The van der Waals surface area contributed by atoms with E-state index >= 15 is 0 Å². The molecule has 0 saturated heterocycles. The minimum absolute atomic E-state index is 0.0197. The van der Waals surface area contributed by atoms with E-state index in [1.807, 2.05) is 0 Å². The van der Waals surface area contributed by atoms with Crippen molar-refractivity contribution in [1.82, 2.24) is 10.1 Å². The van der Waals surface area contributed by atoms with Crippen LogP contribution in [0, 0.1) is 6.92 Å². The van der Waals surface area contributed by atoms with E-state index in [1.54, 1.807) is 13.0 Å². The Morgan fingerprint density at radius 1 is 1.56 bits per heavy atom. The summed E-state index contributed by atoms with van der Waals surface area (Å²) in [7, 11) is 0. The topological polar surface area (TPSA) is 114 Å². The third-order valence-corrected chi connectivity index (χ3v) is 2.25. The monoisotopic (exact) mass is 248 g/mol. The zero-order valence-electron chi connectivity index (χ0n) is 9.67. The van der Waals surface area contributed by atoms with Gasteiger partial charge in [0.2, 0.25) is 0 Å². The standard InChI is InChI=1S/C11H12N4O3/c1-6-2-8(18-15-6)5-14-10-9(11(16)17)3-7(12)4-13-10/h2-4H,5,12H2,1H3,(H,13,14)(H,16,17). The lowest BCUT2D eigenvalue weighted by molar-refractivity contribution is 0.0697. The molecule has 0 unspecified atom stereocenters. The Hall–Kier alpha value is -2.57. The first kappa shape index (κ1) is 11.9. The van der Waals surface area contributed by atoms with E-state index in [1.165, 1.54) is 12.3 Å². The summed E-state index contributed by atoms with van der Waals surface area (Å²) in [6.07, 6.45) is 1.39. The number of aromatic carboxylic acids is 1. The van der Waals surface area contributed by atoms with Crippen LogP contribution in [0.15, 0.2) is 22.9 Å². The number of nitrogens with zero attached hydrogens (tertiary/aromatic N) is 2. The van der Waals surface area contributed by atoms with Crippen LogP contribution in [0.3, 0.4) is 0 Å². The van der Waals surface area contributed by atoms with Gasteiger partial charge >= 0.3 is 5.97 Å². The summed E-state index contributed by atoms with van der Waals surface area (Å²) < 4.78 is 5.00. The molecule has 2 heterocycles. The van der Waals surface area contributed by atoms with Crippen LogP contribution in [-0.2, 0) is 6.54 Å². The van der Waals surface area contributed by atoms with Gasteiger partial charge < -0.3 is 20.7 Å². The Bertz CT molecular complexity index is 579. The van der Waals surface area contributed by atoms with Gasteiger partial charge in [0.15, 0.2) is 5.76 Å². The molecule has 4 N–H and O–H groups in total. The quantitative estimate of drug-likeness (QED) is 0.746. The molecule has 7 nitrogen and oxygen atoms in total. The fraction of sp³-hybridized carbons (Fsp3) is 0.182.